The number of aromatic nitrogens is 4. The largest absolute Gasteiger partial charge is 0.465 e. The topological polar surface area (TPSA) is 93.1 Å². The number of halogens is 3. The fourth-order valence-electron chi connectivity index (χ4n) is 4.91. The van der Waals surface area contributed by atoms with Crippen LogP contribution in [0.1, 0.15) is 32.7 Å². The maximum Gasteiger partial charge on any atom is 0.416 e. The number of thioether (sulfide) groups is 1. The highest BCUT2D eigenvalue weighted by molar-refractivity contribution is 7.98. The summed E-state index contributed by atoms with van der Waals surface area (Å²) in [4.78, 5) is 40.2. The maximum atomic E-state index is 14.0. The monoisotopic (exact) mass is 591 g/mol. The summed E-state index contributed by atoms with van der Waals surface area (Å²) in [5, 5.41) is 0.519. The fraction of sp³-hybridized carbons (Fsp3) is 0.200. The van der Waals surface area contributed by atoms with Crippen molar-refractivity contribution in [2.24, 2.45) is 0 Å². The predicted molar refractivity (Wildman–Crippen MR) is 153 cm³/mol. The zero-order valence-corrected chi connectivity index (χ0v) is 23.1. The molecule has 12 heteroatoms. The molecule has 0 radical (unpaired) electrons. The van der Waals surface area contributed by atoms with E-state index in [4.69, 9.17) is 9.72 Å². The van der Waals surface area contributed by atoms with Gasteiger partial charge in [-0.15, -0.1) is 0 Å². The molecule has 2 aromatic heterocycles. The van der Waals surface area contributed by atoms with Crippen LogP contribution in [0.4, 0.5) is 19.1 Å². The average Bonchev–Trinajstić information content (AvgIpc) is 3.43. The number of nitrogens with one attached hydrogen (secondary N) is 1. The molecule has 0 spiro atoms. The zero-order chi connectivity index (χ0) is 29.4. The fourth-order valence-corrected chi connectivity index (χ4v) is 5.88. The summed E-state index contributed by atoms with van der Waals surface area (Å²) in [6.45, 7) is 0.679. The Morgan fingerprint density at radius 1 is 1.05 bits per heavy atom. The molecule has 0 fully saturated rings. The van der Waals surface area contributed by atoms with E-state index < -0.39 is 17.7 Å². The number of fused-ring (bicyclic) bond motifs is 2. The number of para-hydroxylation sites is 1. The van der Waals surface area contributed by atoms with E-state index in [0.29, 0.717) is 57.8 Å². The third kappa shape index (κ3) is 5.37. The van der Waals surface area contributed by atoms with E-state index in [1.807, 2.05) is 41.3 Å². The number of nitrogens with zero attached hydrogens (tertiary/aromatic N) is 4. The van der Waals surface area contributed by atoms with Gasteiger partial charge in [-0.3, -0.25) is 9.36 Å². The van der Waals surface area contributed by atoms with Gasteiger partial charge >= 0.3 is 12.1 Å². The third-order valence-electron chi connectivity index (χ3n) is 7.03. The van der Waals surface area contributed by atoms with Gasteiger partial charge in [-0.2, -0.15) is 13.2 Å². The standard InChI is InChI=1S/C30H24F3N5O3S/c1-41-27(40)19-7-5-6-18(14-19)17-42-29-36-23-12-13-37(16-22(23)26(39)38(29)21-8-3-2-4-9-21)28-34-24-11-10-20(30(31,32)33)15-25(24)35-28/h2-11,14-15H,12-13,16-17H2,1H3,(H,34,35). The summed E-state index contributed by atoms with van der Waals surface area (Å²) in [5.41, 5.74) is 2.84. The molecular weight excluding hydrogens is 567 g/mol. The molecule has 0 bridgehead atoms. The predicted octanol–water partition coefficient (Wildman–Crippen LogP) is 5.77. The van der Waals surface area contributed by atoms with Crippen LogP contribution in [0.25, 0.3) is 16.7 Å². The van der Waals surface area contributed by atoms with Crippen molar-refractivity contribution in [1.29, 1.82) is 0 Å². The quantitative estimate of drug-likeness (QED) is 0.152. The molecule has 0 aliphatic carbocycles. The molecule has 42 heavy (non-hydrogen) atoms. The number of carbonyl (C=O) groups is 1. The van der Waals surface area contributed by atoms with Gasteiger partial charge in [0, 0.05) is 18.7 Å². The average molecular weight is 592 g/mol. The maximum absolute atomic E-state index is 14.0. The van der Waals surface area contributed by atoms with Gasteiger partial charge < -0.3 is 14.6 Å². The van der Waals surface area contributed by atoms with E-state index >= 15 is 0 Å². The normalized spacial score (nSPS) is 13.3. The van der Waals surface area contributed by atoms with Crippen LogP contribution in [0.15, 0.2) is 82.7 Å². The second-order valence-electron chi connectivity index (χ2n) is 9.74. The van der Waals surface area contributed by atoms with Gasteiger partial charge in [0.1, 0.15) is 0 Å². The Hall–Kier alpha value is -4.58. The minimum Gasteiger partial charge on any atom is -0.465 e. The van der Waals surface area contributed by atoms with E-state index in [0.717, 1.165) is 17.7 Å². The van der Waals surface area contributed by atoms with Gasteiger partial charge in [0.2, 0.25) is 5.95 Å². The van der Waals surface area contributed by atoms with Gasteiger partial charge in [0.25, 0.3) is 5.56 Å². The number of H-pyrrole nitrogens is 1. The van der Waals surface area contributed by atoms with Gasteiger partial charge in [0.15, 0.2) is 5.16 Å². The highest BCUT2D eigenvalue weighted by Crippen LogP contribution is 2.32. The summed E-state index contributed by atoms with van der Waals surface area (Å²) in [5.74, 6) is 0.433. The zero-order valence-electron chi connectivity index (χ0n) is 22.3. The Bertz CT molecular complexity index is 1850. The number of carbonyl (C=O) groups excluding carboxylic acids is 1. The van der Waals surface area contributed by atoms with Crippen LogP contribution in [-0.4, -0.2) is 39.1 Å². The summed E-state index contributed by atoms with van der Waals surface area (Å²) in [6.07, 6.45) is -4.01. The molecule has 5 aromatic rings. The number of rotatable bonds is 6. The van der Waals surface area contributed by atoms with Crippen LogP contribution in [0, 0.1) is 0 Å². The Morgan fingerprint density at radius 3 is 2.62 bits per heavy atom. The number of anilines is 1. The number of hydrogen-bond donors (Lipinski definition) is 1. The van der Waals surface area contributed by atoms with Crippen LogP contribution in [0.5, 0.6) is 0 Å². The molecule has 0 saturated heterocycles. The highest BCUT2D eigenvalue weighted by atomic mass is 32.2. The number of hydrogen-bond acceptors (Lipinski definition) is 7. The van der Waals surface area contributed by atoms with Crippen molar-refractivity contribution in [1.82, 2.24) is 19.5 Å². The van der Waals surface area contributed by atoms with E-state index in [-0.39, 0.29) is 17.6 Å². The first kappa shape index (κ1) is 27.6. The lowest BCUT2D eigenvalue weighted by Crippen LogP contribution is -2.38. The van der Waals surface area contributed by atoms with Crippen molar-refractivity contribution in [3.05, 3.63) is 111 Å². The van der Waals surface area contributed by atoms with Crippen LogP contribution in [0.3, 0.4) is 0 Å². The van der Waals surface area contributed by atoms with Crippen molar-refractivity contribution in [3.8, 4) is 5.69 Å². The molecule has 8 nitrogen and oxygen atoms in total. The summed E-state index contributed by atoms with van der Waals surface area (Å²) in [6, 6.07) is 19.7. The summed E-state index contributed by atoms with van der Waals surface area (Å²) >= 11 is 1.39. The molecular formula is C30H24F3N5O3S. The molecule has 3 aromatic carbocycles. The SMILES string of the molecule is COC(=O)c1cccc(CSc2nc3c(c(=O)n2-c2ccccc2)CN(c2nc4ccc(C(F)(F)F)cc4[nH]2)CC3)c1. The van der Waals surface area contributed by atoms with Crippen molar-refractivity contribution in [2.75, 3.05) is 18.6 Å². The number of methoxy groups -OCH3 is 1. The van der Waals surface area contributed by atoms with E-state index in [1.165, 1.54) is 24.9 Å². The Morgan fingerprint density at radius 2 is 1.86 bits per heavy atom. The minimum absolute atomic E-state index is 0.200. The van der Waals surface area contributed by atoms with Crippen LogP contribution in [-0.2, 0) is 29.6 Å². The van der Waals surface area contributed by atoms with Gasteiger partial charge in [-0.05, 0) is 48.0 Å². The number of ether oxygens (including phenoxy) is 1. The van der Waals surface area contributed by atoms with Crippen molar-refractivity contribution >= 4 is 34.7 Å². The van der Waals surface area contributed by atoms with Crippen LogP contribution in [0.2, 0.25) is 0 Å². The van der Waals surface area contributed by atoms with Crippen LogP contribution >= 0.6 is 11.8 Å². The van der Waals surface area contributed by atoms with Gasteiger partial charge in [-0.1, -0.05) is 42.1 Å². The van der Waals surface area contributed by atoms with E-state index in [1.54, 1.807) is 22.8 Å². The molecule has 0 amide bonds. The molecule has 0 atom stereocenters. The third-order valence-corrected chi connectivity index (χ3v) is 8.04. The number of imidazole rings is 1. The second kappa shape index (κ2) is 11.0. The summed E-state index contributed by atoms with van der Waals surface area (Å²) in [7, 11) is 1.33. The Balaban J connectivity index is 1.33. The van der Waals surface area contributed by atoms with Crippen molar-refractivity contribution in [2.45, 2.75) is 30.1 Å². The minimum atomic E-state index is -4.46. The second-order valence-corrected chi connectivity index (χ2v) is 10.7. The Labute approximate surface area is 242 Å². The molecule has 1 aliphatic heterocycles. The molecule has 214 valence electrons. The Kier molecular flexibility index (Phi) is 7.23. The first-order chi connectivity index (χ1) is 20.2. The molecule has 0 unspecified atom stereocenters. The lowest BCUT2D eigenvalue weighted by Gasteiger charge is -2.28. The van der Waals surface area contributed by atoms with Crippen molar-refractivity contribution < 1.29 is 22.7 Å². The van der Waals surface area contributed by atoms with E-state index in [9.17, 15) is 22.8 Å². The number of alkyl halides is 3. The lowest BCUT2D eigenvalue weighted by molar-refractivity contribution is -0.137. The number of benzene rings is 3. The smallest absolute Gasteiger partial charge is 0.416 e. The first-order valence-electron chi connectivity index (χ1n) is 13.0. The van der Waals surface area contributed by atoms with Gasteiger partial charge in [-0.25, -0.2) is 14.8 Å². The lowest BCUT2D eigenvalue weighted by atomic mass is 10.1. The number of esters is 1. The molecule has 0 saturated carbocycles. The molecule has 1 N–H and O–H groups in total. The summed E-state index contributed by atoms with van der Waals surface area (Å²) < 4.78 is 46.0. The van der Waals surface area contributed by atoms with Crippen molar-refractivity contribution in [3.63, 3.8) is 0 Å². The highest BCUT2D eigenvalue weighted by Gasteiger charge is 2.31. The molecule has 6 rings (SSSR count). The van der Waals surface area contributed by atoms with Gasteiger partial charge in [0.05, 0.1) is 52.8 Å². The van der Waals surface area contributed by atoms with Crippen LogP contribution < -0.4 is 10.5 Å². The first-order valence-corrected chi connectivity index (χ1v) is 14.0. The molecule has 3 heterocycles. The molecule has 1 aliphatic rings. The number of aromatic amines is 1. The van der Waals surface area contributed by atoms with E-state index in [2.05, 4.69) is 9.97 Å².